The van der Waals surface area contributed by atoms with Gasteiger partial charge in [-0.25, -0.2) is 8.42 Å². The van der Waals surface area contributed by atoms with Gasteiger partial charge in [-0.3, -0.25) is 13.9 Å². The third-order valence-corrected chi connectivity index (χ3v) is 9.03. The van der Waals surface area contributed by atoms with Crippen LogP contribution in [0.15, 0.2) is 108 Å². The van der Waals surface area contributed by atoms with E-state index in [1.54, 1.807) is 36.4 Å². The van der Waals surface area contributed by atoms with Crippen molar-refractivity contribution in [3.8, 4) is 0 Å². The van der Waals surface area contributed by atoms with Crippen LogP contribution in [0.5, 0.6) is 0 Å². The average Bonchev–Trinajstić information content (AvgIpc) is 2.99. The highest BCUT2D eigenvalue weighted by Crippen LogP contribution is 2.26. The maximum atomic E-state index is 14.3. The van der Waals surface area contributed by atoms with Gasteiger partial charge in [0.1, 0.15) is 12.6 Å². The summed E-state index contributed by atoms with van der Waals surface area (Å²) < 4.78 is 29.0. The molecule has 1 N–H and O–H groups in total. The normalized spacial score (nSPS) is 11.9. The topological polar surface area (TPSA) is 86.8 Å². The van der Waals surface area contributed by atoms with Crippen LogP contribution in [-0.2, 0) is 32.6 Å². The van der Waals surface area contributed by atoms with Gasteiger partial charge in [-0.2, -0.15) is 0 Å². The zero-order valence-electron chi connectivity index (χ0n) is 23.8. The Morgan fingerprint density at radius 1 is 0.786 bits per heavy atom. The molecule has 0 radical (unpaired) electrons. The molecule has 0 aliphatic heterocycles. The van der Waals surface area contributed by atoms with Crippen molar-refractivity contribution in [2.45, 2.75) is 37.8 Å². The van der Waals surface area contributed by atoms with Crippen molar-refractivity contribution in [1.29, 1.82) is 0 Å². The first-order chi connectivity index (χ1) is 20.1. The monoisotopic (exact) mass is 603 g/mol. The summed E-state index contributed by atoms with van der Waals surface area (Å²) in [4.78, 5) is 29.1. The van der Waals surface area contributed by atoms with Crippen LogP contribution in [-0.4, -0.2) is 44.8 Å². The smallest absolute Gasteiger partial charge is 0.264 e. The van der Waals surface area contributed by atoms with E-state index in [9.17, 15) is 18.0 Å². The molecule has 2 amide bonds. The molecule has 0 heterocycles. The molecule has 0 spiro atoms. The largest absolute Gasteiger partial charge is 0.357 e. The van der Waals surface area contributed by atoms with Crippen molar-refractivity contribution in [2.24, 2.45) is 0 Å². The zero-order chi connectivity index (χ0) is 30.3. The van der Waals surface area contributed by atoms with Gasteiger partial charge in [0.05, 0.1) is 10.6 Å². The minimum atomic E-state index is -4.16. The second-order valence-electron chi connectivity index (χ2n) is 10.1. The number of rotatable bonds is 11. The van der Waals surface area contributed by atoms with E-state index in [1.165, 1.54) is 24.1 Å². The summed E-state index contributed by atoms with van der Waals surface area (Å²) in [5.74, 6) is -0.871. The van der Waals surface area contributed by atoms with Crippen molar-refractivity contribution in [2.75, 3.05) is 17.9 Å². The maximum absolute atomic E-state index is 14.3. The van der Waals surface area contributed by atoms with E-state index in [0.717, 1.165) is 26.6 Å². The Balaban J connectivity index is 1.77. The van der Waals surface area contributed by atoms with E-state index in [0.29, 0.717) is 5.02 Å². The van der Waals surface area contributed by atoms with Gasteiger partial charge < -0.3 is 10.2 Å². The number of amides is 2. The van der Waals surface area contributed by atoms with Crippen LogP contribution < -0.4 is 9.62 Å². The van der Waals surface area contributed by atoms with Crippen LogP contribution in [0, 0.1) is 13.8 Å². The minimum absolute atomic E-state index is 0.0491. The van der Waals surface area contributed by atoms with Crippen LogP contribution in [0.3, 0.4) is 0 Å². The second kappa shape index (κ2) is 13.7. The number of aryl methyl sites for hydroxylation is 2. The minimum Gasteiger partial charge on any atom is -0.357 e. The Labute approximate surface area is 252 Å². The first kappa shape index (κ1) is 30.8. The molecule has 7 nitrogen and oxygen atoms in total. The standard InChI is InChI=1S/C33H34ClN3O4S/c1-24-9-13-27(14-10-24)22-36(31(33(39)35-3)21-26-7-5-4-6-8-26)32(38)23-37(29-17-15-28(34)16-18-29)42(40,41)30-19-11-25(2)12-20-30/h4-20,31H,21-23H2,1-3H3,(H,35,39)/t31-/m1/s1. The van der Waals surface area contributed by atoms with Gasteiger partial charge in [0.2, 0.25) is 11.8 Å². The molecule has 42 heavy (non-hydrogen) atoms. The van der Waals surface area contributed by atoms with Crippen molar-refractivity contribution < 1.29 is 18.0 Å². The number of anilines is 1. The van der Waals surface area contributed by atoms with E-state index >= 15 is 0 Å². The summed E-state index contributed by atoms with van der Waals surface area (Å²) >= 11 is 6.10. The Hall–Kier alpha value is -4.14. The number of carbonyl (C=O) groups excluding carboxylic acids is 2. The van der Waals surface area contributed by atoms with Gasteiger partial charge in [-0.15, -0.1) is 0 Å². The number of nitrogens with zero attached hydrogens (tertiary/aromatic N) is 2. The quantitative estimate of drug-likeness (QED) is 0.244. The van der Waals surface area contributed by atoms with Crippen LogP contribution in [0.1, 0.15) is 22.3 Å². The fourth-order valence-corrected chi connectivity index (χ4v) is 6.12. The number of halogens is 1. The van der Waals surface area contributed by atoms with Gasteiger partial charge in [-0.05, 0) is 61.4 Å². The van der Waals surface area contributed by atoms with E-state index < -0.39 is 28.5 Å². The molecule has 0 bridgehead atoms. The number of likely N-dealkylation sites (N-methyl/N-ethyl adjacent to an activating group) is 1. The highest BCUT2D eigenvalue weighted by atomic mass is 35.5. The van der Waals surface area contributed by atoms with Gasteiger partial charge in [-0.1, -0.05) is 89.5 Å². The number of benzene rings is 4. The molecular weight excluding hydrogens is 570 g/mol. The lowest BCUT2D eigenvalue weighted by Gasteiger charge is -2.33. The van der Waals surface area contributed by atoms with Crippen LogP contribution in [0.4, 0.5) is 5.69 Å². The second-order valence-corrected chi connectivity index (χ2v) is 12.4. The molecule has 0 aliphatic carbocycles. The molecule has 0 saturated carbocycles. The van der Waals surface area contributed by atoms with Crippen molar-refractivity contribution >= 4 is 39.1 Å². The molecule has 4 aromatic carbocycles. The van der Waals surface area contributed by atoms with E-state index in [-0.39, 0.29) is 29.5 Å². The SMILES string of the molecule is CNC(=O)[C@@H](Cc1ccccc1)N(Cc1ccc(C)cc1)C(=O)CN(c1ccc(Cl)cc1)S(=O)(=O)c1ccc(C)cc1. The lowest BCUT2D eigenvalue weighted by Crippen LogP contribution is -2.53. The molecule has 0 unspecified atom stereocenters. The lowest BCUT2D eigenvalue weighted by molar-refractivity contribution is -0.139. The fourth-order valence-electron chi connectivity index (χ4n) is 4.58. The third-order valence-electron chi connectivity index (χ3n) is 6.99. The molecule has 9 heteroatoms. The Morgan fingerprint density at radius 2 is 1.36 bits per heavy atom. The average molecular weight is 604 g/mol. The molecule has 0 fully saturated rings. The lowest BCUT2D eigenvalue weighted by atomic mass is 10.0. The summed E-state index contributed by atoms with van der Waals surface area (Å²) in [6.45, 7) is 3.43. The number of carbonyl (C=O) groups is 2. The number of hydrogen-bond acceptors (Lipinski definition) is 4. The fraction of sp³-hybridized carbons (Fsp3) is 0.212. The molecule has 1 atom stereocenters. The highest BCUT2D eigenvalue weighted by Gasteiger charge is 2.34. The van der Waals surface area contributed by atoms with E-state index in [2.05, 4.69) is 5.32 Å². The Kier molecular flexibility index (Phi) is 10.0. The molecular formula is C33H34ClN3O4S. The Morgan fingerprint density at radius 3 is 1.93 bits per heavy atom. The van der Waals surface area contributed by atoms with Crippen molar-refractivity contribution in [3.05, 3.63) is 130 Å². The van der Waals surface area contributed by atoms with Gasteiger partial charge in [0, 0.05) is 25.0 Å². The first-order valence-electron chi connectivity index (χ1n) is 13.5. The number of nitrogens with one attached hydrogen (secondary N) is 1. The molecule has 218 valence electrons. The van der Waals surface area contributed by atoms with Gasteiger partial charge >= 0.3 is 0 Å². The molecule has 0 aromatic heterocycles. The molecule has 0 saturated heterocycles. The van der Waals surface area contributed by atoms with E-state index in [4.69, 9.17) is 11.6 Å². The zero-order valence-corrected chi connectivity index (χ0v) is 25.4. The van der Waals surface area contributed by atoms with Crippen molar-refractivity contribution in [1.82, 2.24) is 10.2 Å². The summed E-state index contributed by atoms with van der Waals surface area (Å²) in [5, 5.41) is 3.12. The summed E-state index contributed by atoms with van der Waals surface area (Å²) in [5.41, 5.74) is 3.93. The summed E-state index contributed by atoms with van der Waals surface area (Å²) in [6.07, 6.45) is 0.254. The highest BCUT2D eigenvalue weighted by molar-refractivity contribution is 7.92. The molecule has 4 aromatic rings. The van der Waals surface area contributed by atoms with Gasteiger partial charge in [0.25, 0.3) is 10.0 Å². The molecule has 4 rings (SSSR count). The summed E-state index contributed by atoms with van der Waals surface area (Å²) in [7, 11) is -2.63. The predicted molar refractivity (Wildman–Crippen MR) is 167 cm³/mol. The first-order valence-corrected chi connectivity index (χ1v) is 15.4. The van der Waals surface area contributed by atoms with Crippen LogP contribution in [0.2, 0.25) is 5.02 Å². The van der Waals surface area contributed by atoms with E-state index in [1.807, 2.05) is 68.4 Å². The van der Waals surface area contributed by atoms with Crippen LogP contribution in [0.25, 0.3) is 0 Å². The Bertz CT molecular complexity index is 1610. The number of hydrogen-bond donors (Lipinski definition) is 1. The van der Waals surface area contributed by atoms with Gasteiger partial charge in [0.15, 0.2) is 0 Å². The predicted octanol–water partition coefficient (Wildman–Crippen LogP) is 5.54. The van der Waals surface area contributed by atoms with Crippen LogP contribution >= 0.6 is 11.6 Å². The number of sulfonamides is 1. The summed E-state index contributed by atoms with van der Waals surface area (Å²) in [6, 6.07) is 28.9. The molecule has 0 aliphatic rings. The maximum Gasteiger partial charge on any atom is 0.264 e. The van der Waals surface area contributed by atoms with Crippen molar-refractivity contribution in [3.63, 3.8) is 0 Å². The third kappa shape index (κ3) is 7.57.